The van der Waals surface area contributed by atoms with Crippen molar-refractivity contribution in [3.05, 3.63) is 0 Å². The molecule has 0 aliphatic heterocycles. The van der Waals surface area contributed by atoms with Gasteiger partial charge < -0.3 is 10.5 Å². The highest BCUT2D eigenvalue weighted by molar-refractivity contribution is 5.81. The number of rotatable bonds is 1. The Bertz CT molecular complexity index is 205. The van der Waals surface area contributed by atoms with Crippen LogP contribution in [0.3, 0.4) is 0 Å². The van der Waals surface area contributed by atoms with Crippen LogP contribution in [0, 0.1) is 11.8 Å². The van der Waals surface area contributed by atoms with Gasteiger partial charge >= 0.3 is 5.97 Å². The summed E-state index contributed by atoms with van der Waals surface area (Å²) < 4.78 is 4.73. The molecule has 1 rings (SSSR count). The van der Waals surface area contributed by atoms with E-state index in [1.54, 1.807) is 0 Å². The third-order valence-corrected chi connectivity index (χ3v) is 3.25. The van der Waals surface area contributed by atoms with Gasteiger partial charge in [0.25, 0.3) is 0 Å². The van der Waals surface area contributed by atoms with Crippen LogP contribution in [0.4, 0.5) is 0 Å². The van der Waals surface area contributed by atoms with E-state index in [0.717, 1.165) is 19.3 Å². The normalized spacial score (nSPS) is 40.0. The van der Waals surface area contributed by atoms with E-state index in [9.17, 15) is 4.79 Å². The largest absolute Gasteiger partial charge is 0.468 e. The number of hydrogen-bond acceptors (Lipinski definition) is 3. The zero-order valence-electron chi connectivity index (χ0n) is 8.67. The topological polar surface area (TPSA) is 52.3 Å². The zero-order chi connectivity index (χ0) is 10.1. The SMILES string of the molecule is COC(=O)C1(N)CCC(C)CC1C. The first-order valence-electron chi connectivity index (χ1n) is 4.88. The highest BCUT2D eigenvalue weighted by Crippen LogP contribution is 2.35. The molecule has 0 aromatic rings. The van der Waals surface area contributed by atoms with Crippen molar-refractivity contribution >= 4 is 5.97 Å². The molecule has 3 unspecified atom stereocenters. The first kappa shape index (κ1) is 10.5. The zero-order valence-corrected chi connectivity index (χ0v) is 8.67. The molecule has 1 saturated carbocycles. The molecule has 2 N–H and O–H groups in total. The lowest BCUT2D eigenvalue weighted by Gasteiger charge is -2.39. The minimum absolute atomic E-state index is 0.226. The summed E-state index contributed by atoms with van der Waals surface area (Å²) in [7, 11) is 1.40. The maximum atomic E-state index is 11.5. The quantitative estimate of drug-likeness (QED) is 0.627. The fourth-order valence-corrected chi connectivity index (χ4v) is 2.16. The summed E-state index contributed by atoms with van der Waals surface area (Å²) >= 11 is 0. The van der Waals surface area contributed by atoms with Crippen LogP contribution < -0.4 is 5.73 Å². The second kappa shape index (κ2) is 3.66. The molecule has 0 radical (unpaired) electrons. The van der Waals surface area contributed by atoms with E-state index in [4.69, 9.17) is 10.5 Å². The Morgan fingerprint density at radius 3 is 2.62 bits per heavy atom. The maximum absolute atomic E-state index is 11.5. The molecule has 0 saturated heterocycles. The third-order valence-electron chi connectivity index (χ3n) is 3.25. The van der Waals surface area contributed by atoms with E-state index < -0.39 is 5.54 Å². The summed E-state index contributed by atoms with van der Waals surface area (Å²) in [6.45, 7) is 4.24. The summed E-state index contributed by atoms with van der Waals surface area (Å²) in [5.41, 5.74) is 5.31. The molecular formula is C10H19NO2. The van der Waals surface area contributed by atoms with E-state index in [0.29, 0.717) is 5.92 Å². The minimum Gasteiger partial charge on any atom is -0.468 e. The van der Waals surface area contributed by atoms with Crippen molar-refractivity contribution in [2.45, 2.75) is 38.6 Å². The molecule has 3 atom stereocenters. The van der Waals surface area contributed by atoms with Crippen molar-refractivity contribution in [3.8, 4) is 0 Å². The van der Waals surface area contributed by atoms with Gasteiger partial charge in [-0.3, -0.25) is 4.79 Å². The van der Waals surface area contributed by atoms with E-state index in [-0.39, 0.29) is 11.9 Å². The highest BCUT2D eigenvalue weighted by atomic mass is 16.5. The van der Waals surface area contributed by atoms with Gasteiger partial charge in [0.15, 0.2) is 0 Å². The highest BCUT2D eigenvalue weighted by Gasteiger charge is 2.43. The molecule has 0 heterocycles. The molecular weight excluding hydrogens is 166 g/mol. The van der Waals surface area contributed by atoms with E-state index >= 15 is 0 Å². The van der Waals surface area contributed by atoms with Crippen molar-refractivity contribution < 1.29 is 9.53 Å². The van der Waals surface area contributed by atoms with Crippen LogP contribution in [0.2, 0.25) is 0 Å². The lowest BCUT2D eigenvalue weighted by atomic mass is 9.70. The van der Waals surface area contributed by atoms with E-state index in [2.05, 4.69) is 6.92 Å². The lowest BCUT2D eigenvalue weighted by molar-refractivity contribution is -0.151. The number of nitrogens with two attached hydrogens (primary N) is 1. The Labute approximate surface area is 79.6 Å². The smallest absolute Gasteiger partial charge is 0.326 e. The van der Waals surface area contributed by atoms with Crippen LogP contribution >= 0.6 is 0 Å². The van der Waals surface area contributed by atoms with Gasteiger partial charge in [0.2, 0.25) is 0 Å². The Balaban J connectivity index is 2.73. The van der Waals surface area contributed by atoms with Gasteiger partial charge in [0, 0.05) is 0 Å². The summed E-state index contributed by atoms with van der Waals surface area (Å²) in [5.74, 6) is 0.645. The fourth-order valence-electron chi connectivity index (χ4n) is 2.16. The number of esters is 1. The second-order valence-electron chi connectivity index (χ2n) is 4.31. The van der Waals surface area contributed by atoms with Crippen LogP contribution in [0.25, 0.3) is 0 Å². The molecule has 1 aliphatic carbocycles. The predicted octanol–water partition coefficient (Wildman–Crippen LogP) is 1.31. The number of methoxy groups -OCH3 is 1. The summed E-state index contributed by atoms with van der Waals surface area (Å²) in [4.78, 5) is 11.5. The van der Waals surface area contributed by atoms with Crippen molar-refractivity contribution in [2.24, 2.45) is 17.6 Å². The molecule has 0 aromatic heterocycles. The first-order valence-corrected chi connectivity index (χ1v) is 4.88. The first-order chi connectivity index (χ1) is 6.00. The van der Waals surface area contributed by atoms with Crippen LogP contribution in [0.5, 0.6) is 0 Å². The molecule has 3 nitrogen and oxygen atoms in total. The molecule has 76 valence electrons. The summed E-state index contributed by atoms with van der Waals surface area (Å²) in [5, 5.41) is 0. The number of carbonyl (C=O) groups excluding carboxylic acids is 1. The van der Waals surface area contributed by atoms with Gasteiger partial charge in [-0.2, -0.15) is 0 Å². The second-order valence-corrected chi connectivity index (χ2v) is 4.31. The van der Waals surface area contributed by atoms with Crippen LogP contribution in [0.1, 0.15) is 33.1 Å². The van der Waals surface area contributed by atoms with Gasteiger partial charge in [0.05, 0.1) is 7.11 Å². The third kappa shape index (κ3) is 1.85. The van der Waals surface area contributed by atoms with Gasteiger partial charge in [0.1, 0.15) is 5.54 Å². The van der Waals surface area contributed by atoms with Crippen LogP contribution in [-0.2, 0) is 9.53 Å². The van der Waals surface area contributed by atoms with Gasteiger partial charge in [-0.05, 0) is 31.1 Å². The average Bonchev–Trinajstić information content (AvgIpc) is 2.11. The summed E-state index contributed by atoms with van der Waals surface area (Å²) in [6.07, 6.45) is 2.80. The fraction of sp³-hybridized carbons (Fsp3) is 0.900. The molecule has 1 aliphatic rings. The van der Waals surface area contributed by atoms with Crippen molar-refractivity contribution in [1.82, 2.24) is 0 Å². The maximum Gasteiger partial charge on any atom is 0.326 e. The minimum atomic E-state index is -0.735. The van der Waals surface area contributed by atoms with Crippen molar-refractivity contribution in [1.29, 1.82) is 0 Å². The number of carbonyl (C=O) groups is 1. The average molecular weight is 185 g/mol. The molecule has 3 heteroatoms. The number of ether oxygens (including phenoxy) is 1. The standard InChI is InChI=1S/C10H19NO2/c1-7-4-5-10(11,8(2)6-7)9(12)13-3/h7-8H,4-6,11H2,1-3H3. The van der Waals surface area contributed by atoms with E-state index in [1.807, 2.05) is 6.92 Å². The Kier molecular flexibility index (Phi) is 2.96. The van der Waals surface area contributed by atoms with Crippen molar-refractivity contribution in [2.75, 3.05) is 7.11 Å². The number of hydrogen-bond donors (Lipinski definition) is 1. The van der Waals surface area contributed by atoms with Gasteiger partial charge in [-0.25, -0.2) is 0 Å². The van der Waals surface area contributed by atoms with E-state index in [1.165, 1.54) is 7.11 Å². The van der Waals surface area contributed by atoms with Crippen LogP contribution in [-0.4, -0.2) is 18.6 Å². The van der Waals surface area contributed by atoms with Crippen molar-refractivity contribution in [3.63, 3.8) is 0 Å². The van der Waals surface area contributed by atoms with Gasteiger partial charge in [-0.15, -0.1) is 0 Å². The Hall–Kier alpha value is -0.570. The molecule has 0 spiro atoms. The Morgan fingerprint density at radius 1 is 1.54 bits per heavy atom. The monoisotopic (exact) mass is 185 g/mol. The van der Waals surface area contributed by atoms with Gasteiger partial charge in [-0.1, -0.05) is 13.8 Å². The molecule has 1 fully saturated rings. The molecule has 0 amide bonds. The predicted molar refractivity (Wildman–Crippen MR) is 51.1 cm³/mol. The summed E-state index contributed by atoms with van der Waals surface area (Å²) in [6, 6.07) is 0. The Morgan fingerprint density at radius 2 is 2.15 bits per heavy atom. The molecule has 0 bridgehead atoms. The molecule has 13 heavy (non-hydrogen) atoms. The lowest BCUT2D eigenvalue weighted by Crippen LogP contribution is -2.56. The van der Waals surface area contributed by atoms with Crippen LogP contribution in [0.15, 0.2) is 0 Å². The molecule has 0 aromatic carbocycles.